The van der Waals surface area contributed by atoms with Gasteiger partial charge in [0.2, 0.25) is 11.9 Å². The molecular weight excluding hydrogens is 438 g/mol. The molecule has 0 bridgehead atoms. The van der Waals surface area contributed by atoms with Crippen LogP contribution in [0.5, 0.6) is 0 Å². The van der Waals surface area contributed by atoms with Gasteiger partial charge in [-0.15, -0.1) is 5.10 Å². The minimum Gasteiger partial charge on any atom is -0.356 e. The van der Waals surface area contributed by atoms with Gasteiger partial charge >= 0.3 is 0 Å². The fourth-order valence-electron chi connectivity index (χ4n) is 6.77. The van der Waals surface area contributed by atoms with E-state index in [1.54, 1.807) is 6.33 Å². The van der Waals surface area contributed by atoms with Crippen LogP contribution in [0.3, 0.4) is 0 Å². The average Bonchev–Trinajstić information content (AvgIpc) is 3.39. The molecule has 176 valence electrons. The molecule has 10 heteroatoms. The first-order valence-corrected chi connectivity index (χ1v) is 12.0. The highest BCUT2D eigenvalue weighted by Crippen LogP contribution is 2.68. The van der Waals surface area contributed by atoms with Gasteiger partial charge < -0.3 is 15.1 Å². The molecule has 2 aromatic heterocycles. The van der Waals surface area contributed by atoms with E-state index in [4.69, 9.17) is 10.1 Å². The third-order valence-corrected chi connectivity index (χ3v) is 8.38. The van der Waals surface area contributed by atoms with Crippen molar-refractivity contribution in [3.05, 3.63) is 47.9 Å². The van der Waals surface area contributed by atoms with Crippen LogP contribution in [-0.4, -0.2) is 50.4 Å². The van der Waals surface area contributed by atoms with Gasteiger partial charge in [-0.1, -0.05) is 0 Å². The number of aromatic nitrogens is 5. The van der Waals surface area contributed by atoms with Crippen LogP contribution in [0.25, 0.3) is 0 Å². The number of nitrogens with one attached hydrogen (secondary N) is 1. The molecule has 4 aliphatic rings. The second-order valence-corrected chi connectivity index (χ2v) is 10.1. The minimum atomic E-state index is -0.592. The van der Waals surface area contributed by atoms with Gasteiger partial charge in [-0.05, 0) is 49.7 Å². The van der Waals surface area contributed by atoms with Crippen molar-refractivity contribution in [2.24, 2.45) is 17.3 Å². The Morgan fingerprint density at radius 2 is 1.91 bits per heavy atom. The number of rotatable bonds is 4. The Labute approximate surface area is 196 Å². The van der Waals surface area contributed by atoms with Crippen LogP contribution in [-0.2, 0) is 6.54 Å². The monoisotopic (exact) mass is 464 g/mol. The van der Waals surface area contributed by atoms with Gasteiger partial charge in [0.1, 0.15) is 23.8 Å². The number of halogens is 2. The number of aryl methyl sites for hydroxylation is 2. The molecular formula is C24H26F2N8. The maximum absolute atomic E-state index is 13.8. The van der Waals surface area contributed by atoms with Crippen LogP contribution in [0.4, 0.5) is 32.2 Å². The average molecular weight is 465 g/mol. The second-order valence-electron chi connectivity index (χ2n) is 10.1. The van der Waals surface area contributed by atoms with Crippen molar-refractivity contribution in [1.82, 2.24) is 24.7 Å². The van der Waals surface area contributed by atoms with E-state index in [0.29, 0.717) is 47.4 Å². The maximum atomic E-state index is 13.8. The first kappa shape index (κ1) is 20.1. The standard InChI is InChI=1S/C24H26F2N8/c1-14-7-20(28-13-27-14)32-11-19-21(18-3-4-24(18,19)12-32)29-22-30-23-33(5-2-6-34(23)31-22)17-9-15(25)8-16(26)10-17/h7-10,13,18-19,21H,2-6,11-12H2,1H3,(H,29,31)/t18?,19?,21-,24?/m1/s1. The molecule has 2 saturated carbocycles. The number of hydrogen-bond acceptors (Lipinski definition) is 7. The van der Waals surface area contributed by atoms with E-state index in [9.17, 15) is 8.78 Å². The predicted molar refractivity (Wildman–Crippen MR) is 123 cm³/mol. The lowest BCUT2D eigenvalue weighted by Crippen LogP contribution is -2.68. The minimum absolute atomic E-state index is 0.325. The van der Waals surface area contributed by atoms with Crippen molar-refractivity contribution in [2.45, 2.75) is 38.8 Å². The summed E-state index contributed by atoms with van der Waals surface area (Å²) in [5.74, 6) is 2.18. The molecule has 4 atom stereocenters. The maximum Gasteiger partial charge on any atom is 0.244 e. The van der Waals surface area contributed by atoms with E-state index in [1.807, 2.05) is 16.5 Å². The summed E-state index contributed by atoms with van der Waals surface area (Å²) < 4.78 is 29.5. The van der Waals surface area contributed by atoms with Crippen molar-refractivity contribution in [1.29, 1.82) is 0 Å². The largest absolute Gasteiger partial charge is 0.356 e. The summed E-state index contributed by atoms with van der Waals surface area (Å²) in [6, 6.07) is 5.96. The zero-order valence-electron chi connectivity index (χ0n) is 19.0. The van der Waals surface area contributed by atoms with E-state index in [0.717, 1.165) is 43.6 Å². The zero-order chi connectivity index (χ0) is 23.0. The molecule has 7 rings (SSSR count). The van der Waals surface area contributed by atoms with Crippen LogP contribution in [0.2, 0.25) is 0 Å². The fraction of sp³-hybridized carbons (Fsp3) is 0.500. The molecule has 3 unspecified atom stereocenters. The lowest BCUT2D eigenvalue weighted by molar-refractivity contribution is -0.117. The van der Waals surface area contributed by atoms with E-state index in [1.165, 1.54) is 25.0 Å². The van der Waals surface area contributed by atoms with Crippen molar-refractivity contribution in [3.63, 3.8) is 0 Å². The molecule has 0 amide bonds. The second kappa shape index (κ2) is 7.10. The normalized spacial score (nSPS) is 29.1. The SMILES string of the molecule is Cc1cc(N2CC3[C@H](Nc4nc5n(n4)CCCN5c4cc(F)cc(F)c4)C4CCC43C2)ncn1. The Kier molecular flexibility index (Phi) is 4.20. The highest BCUT2D eigenvalue weighted by atomic mass is 19.1. The molecule has 2 aliphatic carbocycles. The number of benzene rings is 1. The molecule has 4 heterocycles. The molecule has 0 radical (unpaired) electrons. The fourth-order valence-corrected chi connectivity index (χ4v) is 6.77. The van der Waals surface area contributed by atoms with Gasteiger partial charge in [-0.3, -0.25) is 0 Å². The summed E-state index contributed by atoms with van der Waals surface area (Å²) >= 11 is 0. The van der Waals surface area contributed by atoms with E-state index < -0.39 is 11.6 Å². The molecule has 34 heavy (non-hydrogen) atoms. The number of hydrogen-bond donors (Lipinski definition) is 1. The summed E-state index contributed by atoms with van der Waals surface area (Å²) in [6.07, 6.45) is 4.95. The Morgan fingerprint density at radius 3 is 2.68 bits per heavy atom. The molecule has 1 saturated heterocycles. The molecule has 1 N–H and O–H groups in total. The molecule has 3 aromatic rings. The lowest BCUT2D eigenvalue weighted by Gasteiger charge is -2.65. The quantitative estimate of drug-likeness (QED) is 0.633. The van der Waals surface area contributed by atoms with Crippen molar-refractivity contribution >= 4 is 23.4 Å². The van der Waals surface area contributed by atoms with Gasteiger partial charge in [0.15, 0.2) is 0 Å². The first-order valence-electron chi connectivity index (χ1n) is 12.0. The van der Waals surface area contributed by atoms with Crippen molar-refractivity contribution in [3.8, 4) is 0 Å². The third kappa shape index (κ3) is 2.86. The summed E-state index contributed by atoms with van der Waals surface area (Å²) in [7, 11) is 0. The van der Waals surface area contributed by atoms with Crippen LogP contribution in [0, 0.1) is 35.8 Å². The van der Waals surface area contributed by atoms with Crippen molar-refractivity contribution < 1.29 is 8.78 Å². The summed E-state index contributed by atoms with van der Waals surface area (Å²) in [5.41, 5.74) is 1.81. The summed E-state index contributed by atoms with van der Waals surface area (Å²) in [6.45, 7) is 5.39. The first-order chi connectivity index (χ1) is 16.5. The molecule has 1 aromatic carbocycles. The number of anilines is 4. The van der Waals surface area contributed by atoms with Gasteiger partial charge in [0, 0.05) is 61.7 Å². The van der Waals surface area contributed by atoms with Crippen LogP contribution < -0.4 is 15.1 Å². The summed E-state index contributed by atoms with van der Waals surface area (Å²) in [4.78, 5) is 17.8. The van der Waals surface area contributed by atoms with Gasteiger partial charge in [0.25, 0.3) is 0 Å². The van der Waals surface area contributed by atoms with Crippen LogP contribution in [0.15, 0.2) is 30.6 Å². The third-order valence-electron chi connectivity index (χ3n) is 8.38. The predicted octanol–water partition coefficient (Wildman–Crippen LogP) is 3.52. The van der Waals surface area contributed by atoms with Crippen LogP contribution >= 0.6 is 0 Å². The molecule has 3 fully saturated rings. The van der Waals surface area contributed by atoms with E-state index in [-0.39, 0.29) is 0 Å². The van der Waals surface area contributed by atoms with Gasteiger partial charge in [0.05, 0.1) is 0 Å². The highest BCUT2D eigenvalue weighted by Gasteiger charge is 2.70. The molecule has 1 spiro atoms. The van der Waals surface area contributed by atoms with E-state index in [2.05, 4.69) is 26.3 Å². The van der Waals surface area contributed by atoms with Gasteiger partial charge in [-0.25, -0.2) is 23.4 Å². The Bertz CT molecular complexity index is 1260. The number of nitrogens with zero attached hydrogens (tertiary/aromatic N) is 7. The molecule has 8 nitrogen and oxygen atoms in total. The highest BCUT2D eigenvalue weighted by molar-refractivity contribution is 5.59. The van der Waals surface area contributed by atoms with E-state index >= 15 is 0 Å². The Hall–Kier alpha value is -3.30. The van der Waals surface area contributed by atoms with Crippen molar-refractivity contribution in [2.75, 3.05) is 34.8 Å². The lowest BCUT2D eigenvalue weighted by atomic mass is 9.41. The zero-order valence-corrected chi connectivity index (χ0v) is 19.0. The smallest absolute Gasteiger partial charge is 0.244 e. The summed E-state index contributed by atoms with van der Waals surface area (Å²) in [5, 5.41) is 8.34. The molecule has 2 aliphatic heterocycles. The Balaban J connectivity index is 1.13. The Morgan fingerprint density at radius 1 is 1.06 bits per heavy atom. The van der Waals surface area contributed by atoms with Crippen LogP contribution in [0.1, 0.15) is 25.0 Å². The topological polar surface area (TPSA) is 75.0 Å². The number of fused-ring (bicyclic) bond motifs is 1. The van der Waals surface area contributed by atoms with Gasteiger partial charge in [-0.2, -0.15) is 4.98 Å².